The number of ether oxygens (including phenoxy) is 2. The second-order valence-corrected chi connectivity index (χ2v) is 15.3. The minimum Gasteiger partial charge on any atom is -0.463 e. The first kappa shape index (κ1) is 48.9. The lowest BCUT2D eigenvalue weighted by atomic mass is 10.0. The molecule has 6 heteroatoms. The summed E-state index contributed by atoms with van der Waals surface area (Å²) < 4.78 is 11.6. The molecule has 0 aliphatic carbocycles. The van der Waals surface area contributed by atoms with Crippen molar-refractivity contribution in [1.29, 1.82) is 0 Å². The second-order valence-electron chi connectivity index (χ2n) is 15.3. The summed E-state index contributed by atoms with van der Waals surface area (Å²) in [6.07, 6.45) is 36.9. The molecule has 0 rings (SSSR count). The predicted molar refractivity (Wildman–Crippen MR) is 214 cm³/mol. The molecule has 0 radical (unpaired) electrons. The Morgan fingerprint density at radius 2 is 0.820 bits per heavy atom. The standard InChI is InChI=1S/C44H87NO5/c1-5-8-11-14-18-25-32-41(4)49-43(47)35-29-22-24-31-38-45(39-40-46)37-30-23-17-21-28-36-44(48)50-42(33-26-19-15-12-9-6-2)34-27-20-16-13-10-7-3/h41-42,46H,5-40H2,1-4H3. The zero-order valence-electron chi connectivity index (χ0n) is 34.1. The number of unbranched alkanes of at least 4 members (excludes halogenated alkanes) is 22. The van der Waals surface area contributed by atoms with Crippen molar-refractivity contribution in [3.05, 3.63) is 0 Å². The monoisotopic (exact) mass is 710 g/mol. The van der Waals surface area contributed by atoms with E-state index in [0.717, 1.165) is 103 Å². The molecule has 0 aromatic rings. The van der Waals surface area contributed by atoms with Crippen LogP contribution in [0.5, 0.6) is 0 Å². The van der Waals surface area contributed by atoms with E-state index in [-0.39, 0.29) is 30.8 Å². The van der Waals surface area contributed by atoms with Gasteiger partial charge in [0.2, 0.25) is 0 Å². The van der Waals surface area contributed by atoms with Crippen molar-refractivity contribution in [2.24, 2.45) is 0 Å². The zero-order valence-corrected chi connectivity index (χ0v) is 34.1. The molecule has 0 fully saturated rings. The first-order valence-corrected chi connectivity index (χ1v) is 22.2. The molecule has 1 unspecified atom stereocenters. The first-order valence-electron chi connectivity index (χ1n) is 22.2. The van der Waals surface area contributed by atoms with E-state index >= 15 is 0 Å². The quantitative estimate of drug-likeness (QED) is 0.0504. The minimum atomic E-state index is -0.0431. The van der Waals surface area contributed by atoms with E-state index < -0.39 is 0 Å². The predicted octanol–water partition coefficient (Wildman–Crippen LogP) is 12.7. The van der Waals surface area contributed by atoms with Crippen molar-refractivity contribution in [3.8, 4) is 0 Å². The van der Waals surface area contributed by atoms with E-state index in [9.17, 15) is 14.7 Å². The van der Waals surface area contributed by atoms with Crippen LogP contribution in [-0.4, -0.2) is 60.4 Å². The van der Waals surface area contributed by atoms with Crippen LogP contribution in [0.4, 0.5) is 0 Å². The van der Waals surface area contributed by atoms with Crippen LogP contribution in [0.2, 0.25) is 0 Å². The Labute approximate surface area is 312 Å². The average Bonchev–Trinajstić information content (AvgIpc) is 3.10. The highest BCUT2D eigenvalue weighted by atomic mass is 16.5. The second kappa shape index (κ2) is 39.1. The number of hydrogen-bond donors (Lipinski definition) is 1. The van der Waals surface area contributed by atoms with Crippen molar-refractivity contribution in [1.82, 2.24) is 4.90 Å². The summed E-state index contributed by atoms with van der Waals surface area (Å²) in [7, 11) is 0. The van der Waals surface area contributed by atoms with Gasteiger partial charge in [0, 0.05) is 19.4 Å². The molecule has 0 aliphatic rings. The fourth-order valence-electron chi connectivity index (χ4n) is 6.94. The van der Waals surface area contributed by atoms with E-state index in [1.165, 1.54) is 109 Å². The molecule has 0 saturated heterocycles. The van der Waals surface area contributed by atoms with Gasteiger partial charge in [-0.3, -0.25) is 9.59 Å². The van der Waals surface area contributed by atoms with Gasteiger partial charge in [-0.2, -0.15) is 0 Å². The van der Waals surface area contributed by atoms with E-state index in [0.29, 0.717) is 12.8 Å². The number of carbonyl (C=O) groups is 2. The summed E-state index contributed by atoms with van der Waals surface area (Å²) in [6, 6.07) is 0. The topological polar surface area (TPSA) is 76.1 Å². The number of esters is 2. The van der Waals surface area contributed by atoms with Crippen LogP contribution in [0.1, 0.15) is 233 Å². The number of nitrogens with zero attached hydrogens (tertiary/aromatic N) is 1. The fraction of sp³-hybridized carbons (Fsp3) is 0.955. The Hall–Kier alpha value is -1.14. The molecule has 0 saturated carbocycles. The fourth-order valence-corrected chi connectivity index (χ4v) is 6.94. The minimum absolute atomic E-state index is 0.0102. The van der Waals surface area contributed by atoms with Gasteiger partial charge >= 0.3 is 11.9 Å². The van der Waals surface area contributed by atoms with Gasteiger partial charge in [-0.25, -0.2) is 0 Å². The number of carbonyl (C=O) groups excluding carboxylic acids is 2. The van der Waals surface area contributed by atoms with Crippen molar-refractivity contribution in [2.75, 3.05) is 26.2 Å². The van der Waals surface area contributed by atoms with Crippen LogP contribution in [0.15, 0.2) is 0 Å². The molecular formula is C44H87NO5. The molecule has 0 aliphatic heterocycles. The highest BCUT2D eigenvalue weighted by Gasteiger charge is 2.14. The summed E-state index contributed by atoms with van der Waals surface area (Å²) in [5.74, 6) is -0.0329. The van der Waals surface area contributed by atoms with Crippen molar-refractivity contribution >= 4 is 11.9 Å². The zero-order chi connectivity index (χ0) is 36.8. The van der Waals surface area contributed by atoms with Gasteiger partial charge in [0.05, 0.1) is 12.7 Å². The largest absolute Gasteiger partial charge is 0.463 e. The lowest BCUT2D eigenvalue weighted by Crippen LogP contribution is -2.29. The van der Waals surface area contributed by atoms with Gasteiger partial charge in [0.25, 0.3) is 0 Å². The Morgan fingerprint density at radius 1 is 0.460 bits per heavy atom. The Bertz CT molecular complexity index is 701. The summed E-state index contributed by atoms with van der Waals surface area (Å²) in [4.78, 5) is 27.3. The van der Waals surface area contributed by atoms with Gasteiger partial charge in [-0.1, -0.05) is 149 Å². The maximum absolute atomic E-state index is 12.7. The molecule has 298 valence electrons. The smallest absolute Gasteiger partial charge is 0.306 e. The van der Waals surface area contributed by atoms with Gasteiger partial charge < -0.3 is 19.5 Å². The number of hydrogen-bond acceptors (Lipinski definition) is 6. The van der Waals surface area contributed by atoms with Crippen LogP contribution in [0.25, 0.3) is 0 Å². The van der Waals surface area contributed by atoms with Crippen LogP contribution < -0.4 is 0 Å². The lowest BCUT2D eigenvalue weighted by molar-refractivity contribution is -0.150. The van der Waals surface area contributed by atoms with Gasteiger partial charge in [0.1, 0.15) is 6.10 Å². The summed E-state index contributed by atoms with van der Waals surface area (Å²) in [6.45, 7) is 11.7. The summed E-state index contributed by atoms with van der Waals surface area (Å²) >= 11 is 0. The van der Waals surface area contributed by atoms with E-state index in [1.54, 1.807) is 0 Å². The molecule has 1 N–H and O–H groups in total. The normalized spacial score (nSPS) is 12.2. The van der Waals surface area contributed by atoms with E-state index in [4.69, 9.17) is 9.47 Å². The third-order valence-corrected chi connectivity index (χ3v) is 10.2. The third kappa shape index (κ3) is 35.3. The van der Waals surface area contributed by atoms with Crippen molar-refractivity contribution in [2.45, 2.75) is 245 Å². The van der Waals surface area contributed by atoms with E-state index in [1.807, 2.05) is 6.92 Å². The summed E-state index contributed by atoms with van der Waals surface area (Å²) in [5, 5.41) is 9.55. The van der Waals surface area contributed by atoms with Crippen LogP contribution in [0, 0.1) is 0 Å². The van der Waals surface area contributed by atoms with Crippen LogP contribution in [-0.2, 0) is 19.1 Å². The molecule has 0 heterocycles. The lowest BCUT2D eigenvalue weighted by Gasteiger charge is -2.21. The maximum Gasteiger partial charge on any atom is 0.306 e. The average molecular weight is 710 g/mol. The van der Waals surface area contributed by atoms with Crippen molar-refractivity contribution in [3.63, 3.8) is 0 Å². The number of aliphatic hydroxyl groups is 1. The third-order valence-electron chi connectivity index (χ3n) is 10.2. The molecule has 6 nitrogen and oxygen atoms in total. The van der Waals surface area contributed by atoms with Crippen molar-refractivity contribution < 1.29 is 24.2 Å². The molecule has 0 aromatic carbocycles. The molecular weight excluding hydrogens is 622 g/mol. The first-order chi connectivity index (χ1) is 24.5. The van der Waals surface area contributed by atoms with Gasteiger partial charge in [-0.05, 0) is 84.2 Å². The van der Waals surface area contributed by atoms with Crippen LogP contribution in [0.3, 0.4) is 0 Å². The Morgan fingerprint density at radius 3 is 1.26 bits per heavy atom. The van der Waals surface area contributed by atoms with Gasteiger partial charge in [0.15, 0.2) is 0 Å². The molecule has 0 aromatic heterocycles. The van der Waals surface area contributed by atoms with Gasteiger partial charge in [-0.15, -0.1) is 0 Å². The highest BCUT2D eigenvalue weighted by molar-refractivity contribution is 5.69. The number of rotatable bonds is 40. The Balaban J connectivity index is 4.02. The molecule has 50 heavy (non-hydrogen) atoms. The van der Waals surface area contributed by atoms with Crippen LogP contribution >= 0.6 is 0 Å². The summed E-state index contributed by atoms with van der Waals surface area (Å²) in [5.41, 5.74) is 0. The molecule has 1 atom stereocenters. The molecule has 0 bridgehead atoms. The molecule has 0 spiro atoms. The Kier molecular flexibility index (Phi) is 38.2. The van der Waals surface area contributed by atoms with E-state index in [2.05, 4.69) is 25.7 Å². The highest BCUT2D eigenvalue weighted by Crippen LogP contribution is 2.19. The SMILES string of the molecule is CCCCCCCCC(C)OC(=O)CCCCCCN(CCO)CCCCCCCC(=O)OC(CCCCCCCC)CCCCCCCC. The maximum atomic E-state index is 12.7. The number of aliphatic hydroxyl groups excluding tert-OH is 1. The molecule has 0 amide bonds.